The van der Waals surface area contributed by atoms with Crippen LogP contribution in [0, 0.1) is 0 Å². The van der Waals surface area contributed by atoms with E-state index in [1.165, 1.54) is 0 Å². The van der Waals surface area contributed by atoms with Crippen molar-refractivity contribution in [2.45, 2.75) is 20.8 Å². The van der Waals surface area contributed by atoms with Crippen molar-refractivity contribution >= 4 is 11.7 Å². The van der Waals surface area contributed by atoms with Crippen LogP contribution in [-0.4, -0.2) is 23.4 Å². The number of rotatable bonds is 4. The van der Waals surface area contributed by atoms with Gasteiger partial charge in [-0.25, -0.2) is 4.79 Å². The largest absolute Gasteiger partial charge is 0.478 e. The molecule has 0 radical (unpaired) electrons. The van der Waals surface area contributed by atoms with Gasteiger partial charge in [-0.1, -0.05) is 5.16 Å². The fourth-order valence-corrected chi connectivity index (χ4v) is 0.516. The third-order valence-electron chi connectivity index (χ3n) is 0.909. The molecule has 1 N–H and O–H groups in total. The summed E-state index contributed by atoms with van der Waals surface area (Å²) >= 11 is 0. The summed E-state index contributed by atoms with van der Waals surface area (Å²) in [5.41, 5.74) is 1.44. The Balaban J connectivity index is 3.79. The Bertz CT molecular complexity index is 214. The van der Waals surface area contributed by atoms with Crippen molar-refractivity contribution in [1.82, 2.24) is 0 Å². The number of aliphatic carboxylic acids is 1. The van der Waals surface area contributed by atoms with Gasteiger partial charge >= 0.3 is 5.97 Å². The molecular weight excluding hydrogens is 158 g/mol. The number of carboxylic acid groups (broad SMARTS) is 1. The first-order valence-electron chi connectivity index (χ1n) is 3.55. The smallest absolute Gasteiger partial charge is 0.328 e. The van der Waals surface area contributed by atoms with E-state index in [-0.39, 0.29) is 6.61 Å². The van der Waals surface area contributed by atoms with Crippen molar-refractivity contribution in [2.75, 3.05) is 6.61 Å². The van der Waals surface area contributed by atoms with Crippen LogP contribution in [0.3, 0.4) is 0 Å². The Labute approximate surface area is 71.5 Å². The minimum atomic E-state index is -0.965. The van der Waals surface area contributed by atoms with Gasteiger partial charge in [-0.3, -0.25) is 0 Å². The molecule has 0 aromatic heterocycles. The van der Waals surface area contributed by atoms with Crippen molar-refractivity contribution in [1.29, 1.82) is 0 Å². The molecule has 0 rings (SSSR count). The number of nitrogens with zero attached hydrogens (tertiary/aromatic N) is 1. The first kappa shape index (κ1) is 10.7. The van der Waals surface area contributed by atoms with E-state index < -0.39 is 5.97 Å². The van der Waals surface area contributed by atoms with Crippen LogP contribution in [0.15, 0.2) is 16.8 Å². The molecule has 0 aliphatic carbocycles. The molecule has 4 heteroatoms. The van der Waals surface area contributed by atoms with E-state index in [0.717, 1.165) is 11.8 Å². The van der Waals surface area contributed by atoms with Crippen LogP contribution in [0.1, 0.15) is 20.8 Å². The normalized spacial score (nSPS) is 10.8. The molecule has 0 saturated carbocycles. The Kier molecular flexibility index (Phi) is 4.76. The minimum Gasteiger partial charge on any atom is -0.478 e. The van der Waals surface area contributed by atoms with Gasteiger partial charge in [-0.05, 0) is 26.3 Å². The molecular formula is C8H13NO3. The lowest BCUT2D eigenvalue weighted by Gasteiger charge is -1.98. The van der Waals surface area contributed by atoms with E-state index in [1.54, 1.807) is 20.8 Å². The Morgan fingerprint density at radius 3 is 2.50 bits per heavy atom. The van der Waals surface area contributed by atoms with E-state index in [2.05, 4.69) is 5.16 Å². The highest BCUT2D eigenvalue weighted by molar-refractivity contribution is 5.80. The summed E-state index contributed by atoms with van der Waals surface area (Å²) in [7, 11) is 0. The second kappa shape index (κ2) is 5.35. The summed E-state index contributed by atoms with van der Waals surface area (Å²) < 4.78 is 0. The van der Waals surface area contributed by atoms with Gasteiger partial charge in [0.15, 0.2) is 0 Å². The van der Waals surface area contributed by atoms with Crippen molar-refractivity contribution in [3.8, 4) is 0 Å². The molecule has 0 aliphatic rings. The van der Waals surface area contributed by atoms with E-state index in [1.807, 2.05) is 0 Å². The van der Waals surface area contributed by atoms with E-state index in [0.29, 0.717) is 5.57 Å². The molecule has 0 aromatic carbocycles. The molecule has 0 heterocycles. The quantitative estimate of drug-likeness (QED) is 0.395. The summed E-state index contributed by atoms with van der Waals surface area (Å²) in [6.45, 7) is 5.50. The Hall–Kier alpha value is -1.32. The van der Waals surface area contributed by atoms with Crippen molar-refractivity contribution in [3.63, 3.8) is 0 Å². The fourth-order valence-electron chi connectivity index (χ4n) is 0.516. The van der Waals surface area contributed by atoms with E-state index >= 15 is 0 Å². The van der Waals surface area contributed by atoms with Gasteiger partial charge in [0.2, 0.25) is 0 Å². The first-order valence-corrected chi connectivity index (χ1v) is 3.55. The lowest BCUT2D eigenvalue weighted by atomic mass is 10.3. The van der Waals surface area contributed by atoms with Crippen LogP contribution in [0.2, 0.25) is 0 Å². The van der Waals surface area contributed by atoms with E-state index in [9.17, 15) is 4.79 Å². The van der Waals surface area contributed by atoms with Crippen LogP contribution in [0.4, 0.5) is 0 Å². The first-order chi connectivity index (χ1) is 5.52. The maximum absolute atomic E-state index is 10.1. The van der Waals surface area contributed by atoms with Crippen LogP contribution >= 0.6 is 0 Å². The zero-order valence-electron chi connectivity index (χ0n) is 7.50. The molecule has 0 bridgehead atoms. The average molecular weight is 171 g/mol. The number of carboxylic acids is 1. The number of oxime groups is 1. The number of hydrogen-bond donors (Lipinski definition) is 1. The summed E-state index contributed by atoms with van der Waals surface area (Å²) in [5.74, 6) is -0.965. The summed E-state index contributed by atoms with van der Waals surface area (Å²) in [4.78, 5) is 15.0. The standard InChI is InChI=1S/C8H13NO3/c1-6(2)9-12-5-7(3)4-8(10)11/h4H,5H2,1-3H3,(H,10,11). The van der Waals surface area contributed by atoms with Crippen molar-refractivity contribution in [3.05, 3.63) is 11.6 Å². The third-order valence-corrected chi connectivity index (χ3v) is 0.909. The SMILES string of the molecule is CC(=CC(=O)O)CON=C(C)C. The van der Waals surface area contributed by atoms with Crippen molar-refractivity contribution < 1.29 is 14.7 Å². The molecule has 12 heavy (non-hydrogen) atoms. The third kappa shape index (κ3) is 6.80. The van der Waals surface area contributed by atoms with Gasteiger partial charge in [0.05, 0.1) is 5.71 Å². The lowest BCUT2D eigenvalue weighted by molar-refractivity contribution is -0.131. The van der Waals surface area contributed by atoms with Gasteiger partial charge in [0, 0.05) is 6.08 Å². The molecule has 0 amide bonds. The Morgan fingerprint density at radius 2 is 2.08 bits per heavy atom. The summed E-state index contributed by atoms with van der Waals surface area (Å²) in [5, 5.41) is 12.0. The number of carbonyl (C=O) groups is 1. The molecule has 0 atom stereocenters. The Morgan fingerprint density at radius 1 is 1.50 bits per heavy atom. The average Bonchev–Trinajstić information content (AvgIpc) is 1.84. The zero-order valence-corrected chi connectivity index (χ0v) is 7.50. The van der Waals surface area contributed by atoms with Crippen molar-refractivity contribution in [2.24, 2.45) is 5.16 Å². The van der Waals surface area contributed by atoms with Gasteiger partial charge in [0.25, 0.3) is 0 Å². The predicted octanol–water partition coefficient (Wildman–Crippen LogP) is 1.43. The topological polar surface area (TPSA) is 58.9 Å². The zero-order chi connectivity index (χ0) is 9.56. The monoisotopic (exact) mass is 171 g/mol. The second-order valence-corrected chi connectivity index (χ2v) is 2.64. The van der Waals surface area contributed by atoms with Crippen LogP contribution < -0.4 is 0 Å². The number of hydrogen-bond acceptors (Lipinski definition) is 3. The van der Waals surface area contributed by atoms with Gasteiger partial charge in [-0.2, -0.15) is 0 Å². The van der Waals surface area contributed by atoms with E-state index in [4.69, 9.17) is 9.94 Å². The highest BCUT2D eigenvalue weighted by Crippen LogP contribution is 1.93. The minimum absolute atomic E-state index is 0.220. The summed E-state index contributed by atoms with van der Waals surface area (Å²) in [6.07, 6.45) is 1.10. The highest BCUT2D eigenvalue weighted by Gasteiger charge is 1.93. The highest BCUT2D eigenvalue weighted by atomic mass is 16.6. The van der Waals surface area contributed by atoms with Crippen LogP contribution in [-0.2, 0) is 9.63 Å². The molecule has 0 fully saturated rings. The van der Waals surface area contributed by atoms with Gasteiger partial charge in [0.1, 0.15) is 6.61 Å². The molecule has 0 saturated heterocycles. The van der Waals surface area contributed by atoms with Gasteiger partial charge in [-0.15, -0.1) is 0 Å². The molecule has 68 valence electrons. The maximum Gasteiger partial charge on any atom is 0.328 e. The van der Waals surface area contributed by atoms with Crippen LogP contribution in [0.25, 0.3) is 0 Å². The molecule has 0 unspecified atom stereocenters. The maximum atomic E-state index is 10.1. The molecule has 0 aromatic rings. The second-order valence-electron chi connectivity index (χ2n) is 2.64. The molecule has 0 aliphatic heterocycles. The summed E-state index contributed by atoms with van der Waals surface area (Å²) in [6, 6.07) is 0. The van der Waals surface area contributed by atoms with Crippen LogP contribution in [0.5, 0.6) is 0 Å². The lowest BCUT2D eigenvalue weighted by Crippen LogP contribution is -1.96. The predicted molar refractivity (Wildman–Crippen MR) is 46.1 cm³/mol. The fraction of sp³-hybridized carbons (Fsp3) is 0.500. The van der Waals surface area contributed by atoms with Gasteiger partial charge < -0.3 is 9.94 Å². The molecule has 4 nitrogen and oxygen atoms in total. The molecule has 0 spiro atoms.